The van der Waals surface area contributed by atoms with E-state index in [0.717, 1.165) is 19.4 Å². The first-order chi connectivity index (χ1) is 10.5. The van der Waals surface area contributed by atoms with E-state index >= 15 is 0 Å². The molecule has 1 aromatic heterocycles. The molecule has 0 saturated carbocycles. The number of nitrogens with zero attached hydrogens (tertiary/aromatic N) is 2. The van der Waals surface area contributed by atoms with Crippen molar-refractivity contribution in [3.63, 3.8) is 0 Å². The largest absolute Gasteiger partial charge is 0.348 e. The van der Waals surface area contributed by atoms with Gasteiger partial charge in [0.2, 0.25) is 5.91 Å². The molecule has 0 aromatic carbocycles. The van der Waals surface area contributed by atoms with E-state index in [-0.39, 0.29) is 23.6 Å². The van der Waals surface area contributed by atoms with Crippen molar-refractivity contribution in [1.82, 2.24) is 20.2 Å². The Balaban J connectivity index is 2.00. The van der Waals surface area contributed by atoms with Gasteiger partial charge in [-0.2, -0.15) is 4.98 Å². The Labute approximate surface area is 129 Å². The molecule has 2 heterocycles. The van der Waals surface area contributed by atoms with Crippen LogP contribution < -0.4 is 11.0 Å². The highest BCUT2D eigenvalue weighted by Gasteiger charge is 2.23. The molecule has 0 aliphatic carbocycles. The van der Waals surface area contributed by atoms with Crippen LogP contribution in [-0.2, 0) is 4.79 Å². The van der Waals surface area contributed by atoms with Gasteiger partial charge in [0.05, 0.1) is 0 Å². The summed E-state index contributed by atoms with van der Waals surface area (Å²) in [6.45, 7) is 5.15. The standard InChI is InChI=1S/C15H22N4O3/c1-3-7-19-8-6-11(4-5-13(19)20)17-14(21)12-9-10(2)16-15(22)18-12/h9,11H,3-8H2,1-2H3,(H,17,21)(H,16,18,22). The maximum absolute atomic E-state index is 12.2. The number of carbonyl (C=O) groups is 2. The molecule has 2 N–H and O–H groups in total. The van der Waals surface area contributed by atoms with Crippen LogP contribution in [0.5, 0.6) is 0 Å². The number of hydrogen-bond acceptors (Lipinski definition) is 4. The van der Waals surface area contributed by atoms with E-state index in [2.05, 4.69) is 15.3 Å². The van der Waals surface area contributed by atoms with E-state index in [1.54, 1.807) is 13.0 Å². The number of aryl methyl sites for hydroxylation is 1. The molecule has 1 aromatic rings. The van der Waals surface area contributed by atoms with E-state index in [1.807, 2.05) is 11.8 Å². The van der Waals surface area contributed by atoms with Gasteiger partial charge in [0.15, 0.2) is 0 Å². The number of aromatic nitrogens is 2. The maximum Gasteiger partial charge on any atom is 0.345 e. The summed E-state index contributed by atoms with van der Waals surface area (Å²) in [6, 6.07) is 1.47. The average molecular weight is 306 g/mol. The number of H-pyrrole nitrogens is 1. The Bertz CT molecular complexity index is 611. The van der Waals surface area contributed by atoms with E-state index in [1.165, 1.54) is 0 Å². The normalized spacial score (nSPS) is 18.9. The topological polar surface area (TPSA) is 95.2 Å². The third-order valence-corrected chi connectivity index (χ3v) is 3.75. The highest BCUT2D eigenvalue weighted by atomic mass is 16.2. The molecule has 7 heteroatoms. The lowest BCUT2D eigenvalue weighted by Crippen LogP contribution is -2.37. The van der Waals surface area contributed by atoms with Crippen LogP contribution >= 0.6 is 0 Å². The monoisotopic (exact) mass is 306 g/mol. The summed E-state index contributed by atoms with van der Waals surface area (Å²) in [5.41, 5.74) is 0.174. The Morgan fingerprint density at radius 2 is 2.23 bits per heavy atom. The predicted molar refractivity (Wildman–Crippen MR) is 81.6 cm³/mol. The number of amides is 2. The zero-order valence-corrected chi connectivity index (χ0v) is 13.0. The number of likely N-dealkylation sites (tertiary alicyclic amines) is 1. The Morgan fingerprint density at radius 3 is 2.91 bits per heavy atom. The van der Waals surface area contributed by atoms with Crippen molar-refractivity contribution in [1.29, 1.82) is 0 Å². The fraction of sp³-hybridized carbons (Fsp3) is 0.600. The minimum absolute atomic E-state index is 0.0697. The fourth-order valence-electron chi connectivity index (χ4n) is 2.64. The van der Waals surface area contributed by atoms with Gasteiger partial charge in [-0.1, -0.05) is 6.92 Å². The first-order valence-corrected chi connectivity index (χ1v) is 7.66. The van der Waals surface area contributed by atoms with Crippen LogP contribution in [-0.4, -0.2) is 45.8 Å². The van der Waals surface area contributed by atoms with Gasteiger partial charge in [0, 0.05) is 31.2 Å². The predicted octanol–water partition coefficient (Wildman–Crippen LogP) is 0.599. The second kappa shape index (κ2) is 7.20. The van der Waals surface area contributed by atoms with Gasteiger partial charge in [-0.3, -0.25) is 9.59 Å². The van der Waals surface area contributed by atoms with Crippen molar-refractivity contribution >= 4 is 11.8 Å². The molecular weight excluding hydrogens is 284 g/mol. The Kier molecular flexibility index (Phi) is 5.30. The van der Waals surface area contributed by atoms with Crippen molar-refractivity contribution in [3.05, 3.63) is 27.9 Å². The quantitative estimate of drug-likeness (QED) is 0.851. The van der Waals surface area contributed by atoms with Gasteiger partial charge < -0.3 is 15.2 Å². The molecule has 7 nitrogen and oxygen atoms in total. The van der Waals surface area contributed by atoms with Gasteiger partial charge >= 0.3 is 5.69 Å². The summed E-state index contributed by atoms with van der Waals surface area (Å²) < 4.78 is 0. The van der Waals surface area contributed by atoms with Crippen LogP contribution in [0.2, 0.25) is 0 Å². The molecule has 1 aliphatic rings. The third kappa shape index (κ3) is 4.16. The number of carbonyl (C=O) groups excluding carboxylic acids is 2. The molecular formula is C15H22N4O3. The molecule has 2 amide bonds. The summed E-state index contributed by atoms with van der Waals surface area (Å²) in [5.74, 6) is -0.223. The molecule has 1 unspecified atom stereocenters. The molecule has 1 aliphatic heterocycles. The average Bonchev–Trinajstić information content (AvgIpc) is 2.62. The fourth-order valence-corrected chi connectivity index (χ4v) is 2.64. The Morgan fingerprint density at radius 1 is 1.45 bits per heavy atom. The second-order valence-electron chi connectivity index (χ2n) is 5.63. The highest BCUT2D eigenvalue weighted by molar-refractivity contribution is 5.92. The van der Waals surface area contributed by atoms with E-state index in [9.17, 15) is 14.4 Å². The number of rotatable bonds is 4. The van der Waals surface area contributed by atoms with Gasteiger partial charge in [-0.15, -0.1) is 0 Å². The molecule has 22 heavy (non-hydrogen) atoms. The highest BCUT2D eigenvalue weighted by Crippen LogP contribution is 2.13. The van der Waals surface area contributed by atoms with Crippen LogP contribution in [0.1, 0.15) is 48.8 Å². The first kappa shape index (κ1) is 16.2. The van der Waals surface area contributed by atoms with Crippen molar-refractivity contribution in [2.45, 2.75) is 45.6 Å². The van der Waals surface area contributed by atoms with Crippen LogP contribution in [0.15, 0.2) is 10.9 Å². The molecule has 0 bridgehead atoms. The summed E-state index contributed by atoms with van der Waals surface area (Å²) in [6.07, 6.45) is 2.71. The van der Waals surface area contributed by atoms with Gasteiger partial charge in [0.1, 0.15) is 5.69 Å². The van der Waals surface area contributed by atoms with Gasteiger partial charge in [-0.25, -0.2) is 4.79 Å². The van der Waals surface area contributed by atoms with Crippen LogP contribution in [0.3, 0.4) is 0 Å². The lowest BCUT2D eigenvalue weighted by molar-refractivity contribution is -0.130. The van der Waals surface area contributed by atoms with Crippen LogP contribution in [0.4, 0.5) is 0 Å². The molecule has 1 saturated heterocycles. The van der Waals surface area contributed by atoms with Crippen LogP contribution in [0, 0.1) is 6.92 Å². The zero-order valence-electron chi connectivity index (χ0n) is 13.0. The minimum atomic E-state index is -0.532. The summed E-state index contributed by atoms with van der Waals surface area (Å²) in [4.78, 5) is 43.5. The maximum atomic E-state index is 12.2. The summed E-state index contributed by atoms with van der Waals surface area (Å²) in [7, 11) is 0. The molecule has 1 fully saturated rings. The Hall–Kier alpha value is -2.18. The lowest BCUT2D eigenvalue weighted by Gasteiger charge is -2.20. The SMILES string of the molecule is CCCN1CCC(NC(=O)c2cc(C)[nH]c(=O)n2)CCC1=O. The van der Waals surface area contributed by atoms with E-state index in [0.29, 0.717) is 25.1 Å². The number of aromatic amines is 1. The number of hydrogen-bond donors (Lipinski definition) is 2. The van der Waals surface area contributed by atoms with E-state index < -0.39 is 5.69 Å². The molecule has 120 valence electrons. The van der Waals surface area contributed by atoms with Crippen LogP contribution in [0.25, 0.3) is 0 Å². The molecule has 0 spiro atoms. The van der Waals surface area contributed by atoms with Crippen molar-refractivity contribution in [3.8, 4) is 0 Å². The summed E-state index contributed by atoms with van der Waals surface area (Å²) in [5, 5.41) is 2.88. The van der Waals surface area contributed by atoms with Gasteiger partial charge in [0.25, 0.3) is 5.91 Å². The molecule has 2 rings (SSSR count). The lowest BCUT2D eigenvalue weighted by atomic mass is 10.1. The minimum Gasteiger partial charge on any atom is -0.348 e. The van der Waals surface area contributed by atoms with Crippen molar-refractivity contribution in [2.24, 2.45) is 0 Å². The molecule has 1 atom stereocenters. The second-order valence-corrected chi connectivity index (χ2v) is 5.63. The summed E-state index contributed by atoms with van der Waals surface area (Å²) >= 11 is 0. The van der Waals surface area contributed by atoms with E-state index in [4.69, 9.17) is 0 Å². The van der Waals surface area contributed by atoms with Gasteiger partial charge in [-0.05, 0) is 32.3 Å². The first-order valence-electron chi connectivity index (χ1n) is 7.66. The van der Waals surface area contributed by atoms with Crippen molar-refractivity contribution in [2.75, 3.05) is 13.1 Å². The molecule has 0 radical (unpaired) electrons. The number of nitrogens with one attached hydrogen (secondary N) is 2. The zero-order chi connectivity index (χ0) is 16.1. The smallest absolute Gasteiger partial charge is 0.345 e. The van der Waals surface area contributed by atoms with Crippen molar-refractivity contribution < 1.29 is 9.59 Å². The third-order valence-electron chi connectivity index (χ3n) is 3.75.